The van der Waals surface area contributed by atoms with E-state index in [4.69, 9.17) is 10.1 Å². The van der Waals surface area contributed by atoms with E-state index in [-0.39, 0.29) is 11.5 Å². The normalized spacial score (nSPS) is 20.1. The van der Waals surface area contributed by atoms with Crippen LogP contribution in [-0.2, 0) is 6.61 Å². The largest absolute Gasteiger partial charge is 0.406 e. The van der Waals surface area contributed by atoms with E-state index in [1.54, 1.807) is 12.5 Å². The van der Waals surface area contributed by atoms with Crippen LogP contribution in [0, 0.1) is 11.5 Å². The molecule has 1 fully saturated rings. The van der Waals surface area contributed by atoms with Gasteiger partial charge in [-0.05, 0) is 24.0 Å². The molecule has 2 aromatic heterocycles. The van der Waals surface area contributed by atoms with Crippen LogP contribution in [-0.4, -0.2) is 30.5 Å². The standard InChI is InChI=1S/C19H18N6O2/c1-13-7-15(8-16(13)26)24-11-22-17-18(24)23-12-25(19(17)21-10-20)27-9-14-5-3-2-4-6-14/h2-6,11-12,15-16,26H,1,7-9H2/b21-19+/t15-,16+/m1/s1. The Morgan fingerprint density at radius 3 is 2.81 bits per heavy atom. The van der Waals surface area contributed by atoms with Gasteiger partial charge in [0.05, 0.1) is 12.4 Å². The quantitative estimate of drug-likeness (QED) is 0.560. The van der Waals surface area contributed by atoms with Crippen LogP contribution in [0.1, 0.15) is 24.4 Å². The van der Waals surface area contributed by atoms with Gasteiger partial charge in [-0.25, -0.2) is 9.97 Å². The molecule has 1 saturated carbocycles. The first-order chi connectivity index (χ1) is 13.2. The number of fused-ring (bicyclic) bond motifs is 1. The molecule has 1 aliphatic carbocycles. The monoisotopic (exact) mass is 362 g/mol. The summed E-state index contributed by atoms with van der Waals surface area (Å²) < 4.78 is 3.26. The van der Waals surface area contributed by atoms with Crippen molar-refractivity contribution in [2.24, 2.45) is 4.99 Å². The Labute approximate surface area is 155 Å². The maximum atomic E-state index is 9.96. The molecule has 0 unspecified atom stereocenters. The van der Waals surface area contributed by atoms with E-state index in [0.29, 0.717) is 30.6 Å². The van der Waals surface area contributed by atoms with Crippen LogP contribution in [0.15, 0.2) is 60.1 Å². The van der Waals surface area contributed by atoms with Crippen molar-refractivity contribution in [1.29, 1.82) is 5.26 Å². The molecule has 0 saturated heterocycles. The zero-order valence-corrected chi connectivity index (χ0v) is 14.6. The third-order valence-electron chi connectivity index (χ3n) is 4.70. The predicted molar refractivity (Wildman–Crippen MR) is 96.8 cm³/mol. The lowest BCUT2D eigenvalue weighted by molar-refractivity contribution is 0.0862. The number of aliphatic hydroxyl groups excluding tert-OH is 1. The highest BCUT2D eigenvalue weighted by Crippen LogP contribution is 2.34. The summed E-state index contributed by atoms with van der Waals surface area (Å²) in [6, 6.07) is 9.71. The first-order valence-electron chi connectivity index (χ1n) is 8.57. The molecule has 1 aromatic carbocycles. The fourth-order valence-electron chi connectivity index (χ4n) is 3.29. The number of hydrogen-bond acceptors (Lipinski definition) is 6. The van der Waals surface area contributed by atoms with Gasteiger partial charge in [0, 0.05) is 6.04 Å². The van der Waals surface area contributed by atoms with Crippen molar-refractivity contribution in [3.05, 3.63) is 66.2 Å². The van der Waals surface area contributed by atoms with Crippen molar-refractivity contribution in [3.8, 4) is 6.19 Å². The molecule has 1 aliphatic rings. The lowest BCUT2D eigenvalue weighted by Crippen LogP contribution is -2.28. The van der Waals surface area contributed by atoms with E-state index >= 15 is 0 Å². The van der Waals surface area contributed by atoms with Gasteiger partial charge in [0.15, 0.2) is 11.2 Å². The predicted octanol–water partition coefficient (Wildman–Crippen LogP) is 1.50. The number of rotatable bonds is 4. The fourth-order valence-corrected chi connectivity index (χ4v) is 3.29. The van der Waals surface area contributed by atoms with Crippen LogP contribution in [0.3, 0.4) is 0 Å². The lowest BCUT2D eigenvalue weighted by atomic mass is 10.2. The highest BCUT2D eigenvalue weighted by molar-refractivity contribution is 5.69. The number of benzene rings is 1. The minimum absolute atomic E-state index is 0.0287. The van der Waals surface area contributed by atoms with Gasteiger partial charge in [0.2, 0.25) is 11.7 Å². The molecule has 0 radical (unpaired) electrons. The molecule has 2 heterocycles. The Morgan fingerprint density at radius 1 is 1.30 bits per heavy atom. The van der Waals surface area contributed by atoms with Gasteiger partial charge in [-0.3, -0.25) is 0 Å². The van der Waals surface area contributed by atoms with Crippen molar-refractivity contribution < 1.29 is 9.94 Å². The number of nitrogens with zero attached hydrogens (tertiary/aromatic N) is 6. The molecule has 27 heavy (non-hydrogen) atoms. The molecule has 4 rings (SSSR count). The smallest absolute Gasteiger partial charge is 0.211 e. The Morgan fingerprint density at radius 2 is 2.11 bits per heavy atom. The summed E-state index contributed by atoms with van der Waals surface area (Å²) in [4.78, 5) is 18.5. The van der Waals surface area contributed by atoms with E-state index in [2.05, 4.69) is 21.5 Å². The van der Waals surface area contributed by atoms with Crippen molar-refractivity contribution >= 4 is 11.2 Å². The minimum atomic E-state index is -0.515. The zero-order chi connectivity index (χ0) is 18.8. The molecule has 136 valence electrons. The summed E-state index contributed by atoms with van der Waals surface area (Å²) in [5.41, 5.74) is 3.14. The summed E-state index contributed by atoms with van der Waals surface area (Å²) in [5, 5.41) is 19.1. The van der Waals surface area contributed by atoms with E-state index in [0.717, 1.165) is 11.1 Å². The molecular weight excluding hydrogens is 344 g/mol. The van der Waals surface area contributed by atoms with Gasteiger partial charge in [-0.15, -0.1) is 4.99 Å². The van der Waals surface area contributed by atoms with Crippen molar-refractivity contribution in [2.45, 2.75) is 31.6 Å². The second-order valence-electron chi connectivity index (χ2n) is 6.46. The molecule has 0 bridgehead atoms. The second-order valence-corrected chi connectivity index (χ2v) is 6.46. The maximum Gasteiger partial charge on any atom is 0.211 e. The van der Waals surface area contributed by atoms with Crippen LogP contribution in [0.2, 0.25) is 0 Å². The van der Waals surface area contributed by atoms with Gasteiger partial charge in [0.25, 0.3) is 0 Å². The Balaban J connectivity index is 1.70. The Bertz CT molecular complexity index is 1090. The topological polar surface area (TPSA) is 101 Å². The molecule has 8 heteroatoms. The first kappa shape index (κ1) is 17.0. The summed E-state index contributed by atoms with van der Waals surface area (Å²) in [6.45, 7) is 4.21. The molecule has 0 aliphatic heterocycles. The maximum absolute atomic E-state index is 9.96. The zero-order valence-electron chi connectivity index (χ0n) is 14.6. The van der Waals surface area contributed by atoms with Crippen molar-refractivity contribution in [1.82, 2.24) is 19.3 Å². The highest BCUT2D eigenvalue weighted by atomic mass is 16.7. The number of aromatic nitrogens is 4. The van der Waals surface area contributed by atoms with Crippen LogP contribution in [0.25, 0.3) is 11.2 Å². The fraction of sp³-hybridized carbons (Fsp3) is 0.263. The molecular formula is C19H18N6O2. The van der Waals surface area contributed by atoms with E-state index in [1.165, 1.54) is 11.1 Å². The van der Waals surface area contributed by atoms with Gasteiger partial charge in [-0.2, -0.15) is 9.99 Å². The Kier molecular flexibility index (Phi) is 4.44. The van der Waals surface area contributed by atoms with E-state index < -0.39 is 6.10 Å². The summed E-state index contributed by atoms with van der Waals surface area (Å²) >= 11 is 0. The number of hydrogen-bond donors (Lipinski definition) is 1. The highest BCUT2D eigenvalue weighted by Gasteiger charge is 2.29. The number of nitriles is 1. The first-order valence-corrected chi connectivity index (χ1v) is 8.57. The summed E-state index contributed by atoms with van der Waals surface area (Å²) in [7, 11) is 0. The van der Waals surface area contributed by atoms with E-state index in [1.807, 2.05) is 34.9 Å². The van der Waals surface area contributed by atoms with Crippen LogP contribution >= 0.6 is 0 Å². The third-order valence-corrected chi connectivity index (χ3v) is 4.70. The lowest BCUT2D eigenvalue weighted by Gasteiger charge is -2.12. The second kappa shape index (κ2) is 7.05. The van der Waals surface area contributed by atoms with Crippen molar-refractivity contribution in [2.75, 3.05) is 0 Å². The van der Waals surface area contributed by atoms with Gasteiger partial charge >= 0.3 is 0 Å². The summed E-state index contributed by atoms with van der Waals surface area (Å²) in [6.07, 6.45) is 5.66. The molecule has 8 nitrogen and oxygen atoms in total. The van der Waals surface area contributed by atoms with Gasteiger partial charge < -0.3 is 14.5 Å². The molecule has 1 N–H and O–H groups in total. The number of aliphatic hydroxyl groups is 1. The SMILES string of the molecule is C=C1C[C@@H](n2cnc3/c(=N\C#N)n(OCc4ccccc4)cnc32)C[C@@H]1O. The number of imidazole rings is 1. The van der Waals surface area contributed by atoms with Crippen LogP contribution in [0.4, 0.5) is 0 Å². The van der Waals surface area contributed by atoms with Crippen LogP contribution in [0.5, 0.6) is 0 Å². The molecule has 2 atom stereocenters. The van der Waals surface area contributed by atoms with Crippen molar-refractivity contribution in [3.63, 3.8) is 0 Å². The molecule has 0 amide bonds. The van der Waals surface area contributed by atoms with Gasteiger partial charge in [0.1, 0.15) is 12.9 Å². The summed E-state index contributed by atoms with van der Waals surface area (Å²) in [5.74, 6) is 0. The van der Waals surface area contributed by atoms with Gasteiger partial charge in [-0.1, -0.05) is 36.9 Å². The Hall–Kier alpha value is -3.44. The third kappa shape index (κ3) is 3.20. The average molecular weight is 362 g/mol. The average Bonchev–Trinajstić information content (AvgIpc) is 3.25. The minimum Gasteiger partial charge on any atom is -0.406 e. The molecule has 0 spiro atoms. The van der Waals surface area contributed by atoms with E-state index in [9.17, 15) is 5.11 Å². The molecule has 3 aromatic rings. The van der Waals surface area contributed by atoms with Crippen LogP contribution < -0.4 is 10.3 Å².